The highest BCUT2D eigenvalue weighted by Gasteiger charge is 2.10. The van der Waals surface area contributed by atoms with Crippen LogP contribution in [0.3, 0.4) is 0 Å². The van der Waals surface area contributed by atoms with E-state index >= 15 is 0 Å². The SMILES string of the molecule is COc1ccc(-n2cc(CSc3nnc(-c4ccncc4)o3)nn2)cc1. The molecule has 0 unspecified atom stereocenters. The van der Waals surface area contributed by atoms with Gasteiger partial charge in [0, 0.05) is 23.7 Å². The molecule has 0 aliphatic rings. The molecule has 26 heavy (non-hydrogen) atoms. The molecule has 4 rings (SSSR count). The van der Waals surface area contributed by atoms with E-state index < -0.39 is 0 Å². The summed E-state index contributed by atoms with van der Waals surface area (Å²) in [6, 6.07) is 11.2. The lowest BCUT2D eigenvalue weighted by atomic mass is 10.3. The molecule has 3 aromatic heterocycles. The lowest BCUT2D eigenvalue weighted by Crippen LogP contribution is -1.94. The molecule has 9 heteroatoms. The Balaban J connectivity index is 1.41. The van der Waals surface area contributed by atoms with Crippen molar-refractivity contribution in [3.05, 3.63) is 60.7 Å². The van der Waals surface area contributed by atoms with Gasteiger partial charge in [0.1, 0.15) is 5.75 Å². The van der Waals surface area contributed by atoms with Crippen molar-refractivity contribution in [3.63, 3.8) is 0 Å². The second kappa shape index (κ2) is 7.36. The van der Waals surface area contributed by atoms with Crippen LogP contribution < -0.4 is 4.74 Å². The zero-order valence-electron chi connectivity index (χ0n) is 13.8. The van der Waals surface area contributed by atoms with Gasteiger partial charge in [0.25, 0.3) is 5.22 Å². The second-order valence-electron chi connectivity index (χ2n) is 5.25. The number of ether oxygens (including phenoxy) is 1. The first kappa shape index (κ1) is 16.3. The Labute approximate surface area is 153 Å². The molecule has 0 aliphatic carbocycles. The van der Waals surface area contributed by atoms with Gasteiger partial charge in [-0.15, -0.1) is 15.3 Å². The van der Waals surface area contributed by atoms with Crippen molar-refractivity contribution in [1.29, 1.82) is 0 Å². The lowest BCUT2D eigenvalue weighted by Gasteiger charge is -2.01. The van der Waals surface area contributed by atoms with E-state index in [1.807, 2.05) is 42.6 Å². The van der Waals surface area contributed by atoms with Crippen LogP contribution >= 0.6 is 11.8 Å². The normalized spacial score (nSPS) is 10.8. The number of pyridine rings is 1. The first-order valence-electron chi connectivity index (χ1n) is 7.74. The van der Waals surface area contributed by atoms with Gasteiger partial charge in [0.2, 0.25) is 5.89 Å². The predicted octanol–water partition coefficient (Wildman–Crippen LogP) is 3.01. The van der Waals surface area contributed by atoms with Gasteiger partial charge in [0.15, 0.2) is 0 Å². The van der Waals surface area contributed by atoms with E-state index in [4.69, 9.17) is 9.15 Å². The van der Waals surface area contributed by atoms with Crippen LogP contribution in [0.1, 0.15) is 5.69 Å². The molecule has 0 fully saturated rings. The maximum atomic E-state index is 5.65. The number of hydrogen-bond donors (Lipinski definition) is 0. The molecule has 1 aromatic carbocycles. The zero-order valence-corrected chi connectivity index (χ0v) is 14.6. The van der Waals surface area contributed by atoms with Crippen molar-refractivity contribution >= 4 is 11.8 Å². The molecule has 0 spiro atoms. The van der Waals surface area contributed by atoms with Crippen LogP contribution in [0.5, 0.6) is 5.75 Å². The molecule has 3 heterocycles. The van der Waals surface area contributed by atoms with E-state index in [0.29, 0.717) is 16.9 Å². The molecule has 0 saturated carbocycles. The van der Waals surface area contributed by atoms with Gasteiger partial charge < -0.3 is 9.15 Å². The van der Waals surface area contributed by atoms with E-state index in [0.717, 1.165) is 22.7 Å². The summed E-state index contributed by atoms with van der Waals surface area (Å²) in [6.45, 7) is 0. The summed E-state index contributed by atoms with van der Waals surface area (Å²) in [5, 5.41) is 16.9. The summed E-state index contributed by atoms with van der Waals surface area (Å²) in [6.07, 6.45) is 5.24. The quantitative estimate of drug-likeness (QED) is 0.481. The second-order valence-corrected chi connectivity index (χ2v) is 6.18. The van der Waals surface area contributed by atoms with Crippen LogP contribution in [0.4, 0.5) is 0 Å². The van der Waals surface area contributed by atoms with Gasteiger partial charge in [0.05, 0.1) is 24.7 Å². The van der Waals surface area contributed by atoms with Gasteiger partial charge in [-0.05, 0) is 36.4 Å². The summed E-state index contributed by atoms with van der Waals surface area (Å²) in [7, 11) is 1.64. The number of thioether (sulfide) groups is 1. The number of nitrogens with zero attached hydrogens (tertiary/aromatic N) is 6. The molecule has 0 radical (unpaired) electrons. The first-order chi connectivity index (χ1) is 12.8. The maximum Gasteiger partial charge on any atom is 0.277 e. The third-order valence-corrected chi connectivity index (χ3v) is 4.41. The van der Waals surface area contributed by atoms with Crippen LogP contribution in [-0.2, 0) is 5.75 Å². The Morgan fingerprint density at radius 3 is 2.62 bits per heavy atom. The van der Waals surface area contributed by atoms with E-state index in [9.17, 15) is 0 Å². The van der Waals surface area contributed by atoms with Crippen molar-refractivity contribution in [3.8, 4) is 22.9 Å². The fraction of sp³-hybridized carbons (Fsp3) is 0.118. The highest BCUT2D eigenvalue weighted by atomic mass is 32.2. The Bertz CT molecular complexity index is 984. The van der Waals surface area contributed by atoms with E-state index in [-0.39, 0.29) is 0 Å². The Kier molecular flexibility index (Phi) is 4.61. The summed E-state index contributed by atoms with van der Waals surface area (Å²) in [4.78, 5) is 3.97. The largest absolute Gasteiger partial charge is 0.497 e. The average Bonchev–Trinajstić information content (AvgIpc) is 3.37. The summed E-state index contributed by atoms with van der Waals surface area (Å²) < 4.78 is 12.5. The van der Waals surface area contributed by atoms with Crippen molar-refractivity contribution in [2.45, 2.75) is 11.0 Å². The predicted molar refractivity (Wildman–Crippen MR) is 95.0 cm³/mol. The molecular weight excluding hydrogens is 352 g/mol. The van der Waals surface area contributed by atoms with Gasteiger partial charge in [-0.3, -0.25) is 4.98 Å². The lowest BCUT2D eigenvalue weighted by molar-refractivity contribution is 0.414. The first-order valence-corrected chi connectivity index (χ1v) is 8.73. The van der Waals surface area contributed by atoms with Gasteiger partial charge in [-0.25, -0.2) is 4.68 Å². The Hall–Kier alpha value is -3.20. The number of rotatable bonds is 6. The monoisotopic (exact) mass is 366 g/mol. The van der Waals surface area contributed by atoms with Crippen molar-refractivity contribution in [2.24, 2.45) is 0 Å². The smallest absolute Gasteiger partial charge is 0.277 e. The molecule has 0 bridgehead atoms. The van der Waals surface area contributed by atoms with Crippen LogP contribution in [0.2, 0.25) is 0 Å². The molecule has 0 amide bonds. The van der Waals surface area contributed by atoms with Crippen molar-refractivity contribution in [2.75, 3.05) is 7.11 Å². The third kappa shape index (κ3) is 3.57. The van der Waals surface area contributed by atoms with Gasteiger partial charge >= 0.3 is 0 Å². The zero-order chi connectivity index (χ0) is 17.8. The molecule has 8 nitrogen and oxygen atoms in total. The fourth-order valence-electron chi connectivity index (χ4n) is 2.24. The number of aromatic nitrogens is 6. The Morgan fingerprint density at radius 2 is 1.85 bits per heavy atom. The van der Waals surface area contributed by atoms with E-state index in [1.54, 1.807) is 24.2 Å². The number of hydrogen-bond acceptors (Lipinski definition) is 8. The minimum atomic E-state index is 0.469. The highest BCUT2D eigenvalue weighted by molar-refractivity contribution is 7.98. The summed E-state index contributed by atoms with van der Waals surface area (Å²) in [5.41, 5.74) is 2.56. The van der Waals surface area contributed by atoms with Gasteiger partial charge in [-0.1, -0.05) is 17.0 Å². The summed E-state index contributed by atoms with van der Waals surface area (Å²) in [5.74, 6) is 1.84. The molecule has 0 atom stereocenters. The molecule has 4 aromatic rings. The standard InChI is InChI=1S/C17H14N6O2S/c1-24-15-4-2-14(3-5-15)23-10-13(19-22-23)11-26-17-21-20-16(25-17)12-6-8-18-9-7-12/h2-10H,11H2,1H3. The molecule has 0 saturated heterocycles. The fourth-order valence-corrected chi connectivity index (χ4v) is 2.88. The number of methoxy groups -OCH3 is 1. The average molecular weight is 366 g/mol. The molecular formula is C17H14N6O2S. The molecule has 0 N–H and O–H groups in total. The van der Waals surface area contributed by atoms with Crippen LogP contribution in [0.25, 0.3) is 17.1 Å². The molecule has 0 aliphatic heterocycles. The topological polar surface area (TPSA) is 91.8 Å². The summed E-state index contributed by atoms with van der Waals surface area (Å²) >= 11 is 1.41. The van der Waals surface area contributed by atoms with Crippen molar-refractivity contribution in [1.82, 2.24) is 30.2 Å². The minimum Gasteiger partial charge on any atom is -0.497 e. The van der Waals surface area contributed by atoms with E-state index in [2.05, 4.69) is 25.5 Å². The van der Waals surface area contributed by atoms with Crippen molar-refractivity contribution < 1.29 is 9.15 Å². The third-order valence-electron chi connectivity index (χ3n) is 3.56. The minimum absolute atomic E-state index is 0.469. The maximum absolute atomic E-state index is 5.65. The highest BCUT2D eigenvalue weighted by Crippen LogP contribution is 2.25. The number of benzene rings is 1. The van der Waals surface area contributed by atoms with Crippen LogP contribution in [0.15, 0.2) is 64.6 Å². The van der Waals surface area contributed by atoms with E-state index in [1.165, 1.54) is 11.8 Å². The van der Waals surface area contributed by atoms with Crippen LogP contribution in [-0.4, -0.2) is 37.3 Å². The Morgan fingerprint density at radius 1 is 1.04 bits per heavy atom. The van der Waals surface area contributed by atoms with Gasteiger partial charge in [-0.2, -0.15) is 0 Å². The van der Waals surface area contributed by atoms with Crippen LogP contribution in [0, 0.1) is 0 Å². The molecule has 130 valence electrons.